The Kier molecular flexibility index (Phi) is 5.77. The maximum absolute atomic E-state index is 5.36. The molecule has 1 N–H and O–H groups in total. The molecule has 10 nitrogen and oxygen atoms in total. The zero-order valence-electron chi connectivity index (χ0n) is 19.1. The molecule has 0 aromatic carbocycles. The summed E-state index contributed by atoms with van der Waals surface area (Å²) in [6.45, 7) is 2.75. The number of hydrogen-bond acceptors (Lipinski definition) is 8. The average molecular weight is 457 g/mol. The molecule has 0 saturated heterocycles. The molecule has 0 saturated carbocycles. The standard InChI is InChI=1S/C24H24N8O2/c1-4-22-25-9-11-31(22)15-17-6-5-7-20(27-17)29-21-13-23-28-18(8-10-32(23)30-21)16-12-19(33-2)24(34-3)26-14-16/h5-14H,4,15H2,1-3H3,(H,27,29,30). The van der Waals surface area contributed by atoms with Crippen molar-refractivity contribution in [3.8, 4) is 22.9 Å². The minimum absolute atomic E-state index is 0.428. The first kappa shape index (κ1) is 21.4. The summed E-state index contributed by atoms with van der Waals surface area (Å²) in [6, 6.07) is 11.5. The van der Waals surface area contributed by atoms with E-state index in [0.29, 0.717) is 35.5 Å². The van der Waals surface area contributed by atoms with Crippen LogP contribution in [-0.4, -0.2) is 48.3 Å². The third-order valence-corrected chi connectivity index (χ3v) is 5.37. The van der Waals surface area contributed by atoms with E-state index in [1.165, 1.54) is 0 Å². The Hall–Kier alpha value is -4.47. The van der Waals surface area contributed by atoms with E-state index in [0.717, 1.165) is 29.2 Å². The number of methoxy groups -OCH3 is 2. The largest absolute Gasteiger partial charge is 0.491 e. The first-order valence-corrected chi connectivity index (χ1v) is 10.8. The lowest BCUT2D eigenvalue weighted by molar-refractivity contribution is 0.343. The molecular formula is C24H24N8O2. The molecule has 5 aromatic rings. The number of fused-ring (bicyclic) bond motifs is 1. The number of nitrogens with zero attached hydrogens (tertiary/aromatic N) is 7. The second-order valence-electron chi connectivity index (χ2n) is 7.54. The average Bonchev–Trinajstić information content (AvgIpc) is 3.49. The van der Waals surface area contributed by atoms with Crippen LogP contribution >= 0.6 is 0 Å². The van der Waals surface area contributed by atoms with E-state index in [1.807, 2.05) is 55.0 Å². The number of aromatic nitrogens is 7. The van der Waals surface area contributed by atoms with Gasteiger partial charge in [-0.3, -0.25) is 0 Å². The minimum atomic E-state index is 0.428. The number of nitrogens with one attached hydrogen (secondary N) is 1. The van der Waals surface area contributed by atoms with Crippen LogP contribution in [0.4, 0.5) is 11.6 Å². The number of ether oxygens (including phenoxy) is 2. The summed E-state index contributed by atoms with van der Waals surface area (Å²) < 4.78 is 14.4. The first-order chi connectivity index (χ1) is 16.7. The Morgan fingerprint density at radius 1 is 0.971 bits per heavy atom. The maximum Gasteiger partial charge on any atom is 0.256 e. The fraction of sp³-hybridized carbons (Fsp3) is 0.208. The monoisotopic (exact) mass is 456 g/mol. The lowest BCUT2D eigenvalue weighted by Gasteiger charge is -2.08. The second-order valence-corrected chi connectivity index (χ2v) is 7.54. The van der Waals surface area contributed by atoms with Crippen LogP contribution < -0.4 is 14.8 Å². The summed E-state index contributed by atoms with van der Waals surface area (Å²) in [5.41, 5.74) is 3.19. The summed E-state index contributed by atoms with van der Waals surface area (Å²) in [7, 11) is 3.14. The van der Waals surface area contributed by atoms with Crippen LogP contribution in [0.1, 0.15) is 18.4 Å². The third-order valence-electron chi connectivity index (χ3n) is 5.37. The van der Waals surface area contributed by atoms with Gasteiger partial charge in [0.05, 0.1) is 32.2 Å². The molecule has 0 spiro atoms. The van der Waals surface area contributed by atoms with Gasteiger partial charge in [-0.15, -0.1) is 5.10 Å². The molecule has 34 heavy (non-hydrogen) atoms. The van der Waals surface area contributed by atoms with Gasteiger partial charge in [-0.1, -0.05) is 13.0 Å². The van der Waals surface area contributed by atoms with Crippen molar-refractivity contribution in [3.63, 3.8) is 0 Å². The number of rotatable bonds is 8. The molecule has 0 radical (unpaired) electrons. The van der Waals surface area contributed by atoms with E-state index in [4.69, 9.17) is 19.4 Å². The first-order valence-electron chi connectivity index (χ1n) is 10.8. The normalized spacial score (nSPS) is 11.0. The van der Waals surface area contributed by atoms with Crippen molar-refractivity contribution in [3.05, 3.63) is 72.7 Å². The zero-order chi connectivity index (χ0) is 23.5. The number of hydrogen-bond donors (Lipinski definition) is 1. The van der Waals surface area contributed by atoms with E-state index in [9.17, 15) is 0 Å². The Bertz CT molecular complexity index is 1440. The minimum Gasteiger partial charge on any atom is -0.491 e. The maximum atomic E-state index is 5.36. The van der Waals surface area contributed by atoms with Crippen LogP contribution in [0.5, 0.6) is 11.6 Å². The predicted octanol–water partition coefficient (Wildman–Crippen LogP) is 3.75. The molecule has 10 heteroatoms. The highest BCUT2D eigenvalue weighted by Gasteiger charge is 2.11. The lowest BCUT2D eigenvalue weighted by atomic mass is 10.2. The molecule has 5 heterocycles. The molecule has 5 aromatic heterocycles. The molecular weight excluding hydrogens is 432 g/mol. The van der Waals surface area contributed by atoms with Gasteiger partial charge in [-0.2, -0.15) is 0 Å². The van der Waals surface area contributed by atoms with Gasteiger partial charge in [0, 0.05) is 42.8 Å². The van der Waals surface area contributed by atoms with E-state index >= 15 is 0 Å². The highest BCUT2D eigenvalue weighted by Crippen LogP contribution is 2.29. The van der Waals surface area contributed by atoms with Gasteiger partial charge in [-0.25, -0.2) is 24.5 Å². The molecule has 0 unspecified atom stereocenters. The number of aryl methyl sites for hydroxylation is 1. The number of anilines is 2. The van der Waals surface area contributed by atoms with Gasteiger partial charge in [-0.05, 0) is 24.3 Å². The van der Waals surface area contributed by atoms with Crippen molar-refractivity contribution < 1.29 is 9.47 Å². The topological polar surface area (TPSA) is 104 Å². The fourth-order valence-electron chi connectivity index (χ4n) is 3.71. The van der Waals surface area contributed by atoms with E-state index in [2.05, 4.69) is 31.9 Å². The number of pyridine rings is 2. The smallest absolute Gasteiger partial charge is 0.256 e. The molecule has 5 rings (SSSR count). The molecule has 0 aliphatic rings. The van der Waals surface area contributed by atoms with Crippen molar-refractivity contribution >= 4 is 17.3 Å². The summed E-state index contributed by atoms with van der Waals surface area (Å²) in [6.07, 6.45) is 8.22. The Balaban J connectivity index is 1.37. The number of imidazole rings is 1. The van der Waals surface area contributed by atoms with Crippen molar-refractivity contribution in [1.29, 1.82) is 0 Å². The van der Waals surface area contributed by atoms with Gasteiger partial charge in [0.1, 0.15) is 11.6 Å². The van der Waals surface area contributed by atoms with Gasteiger partial charge in [0.15, 0.2) is 17.2 Å². The predicted molar refractivity (Wildman–Crippen MR) is 128 cm³/mol. The van der Waals surface area contributed by atoms with Crippen molar-refractivity contribution in [2.75, 3.05) is 19.5 Å². The van der Waals surface area contributed by atoms with Crippen molar-refractivity contribution in [1.82, 2.24) is 34.1 Å². The Morgan fingerprint density at radius 2 is 1.88 bits per heavy atom. The Morgan fingerprint density at radius 3 is 2.71 bits per heavy atom. The van der Waals surface area contributed by atoms with Gasteiger partial charge in [0.25, 0.3) is 5.88 Å². The van der Waals surface area contributed by atoms with Crippen molar-refractivity contribution in [2.45, 2.75) is 19.9 Å². The Labute approximate surface area is 196 Å². The molecule has 0 atom stereocenters. The van der Waals surface area contributed by atoms with Crippen LogP contribution in [0.2, 0.25) is 0 Å². The molecule has 0 aliphatic heterocycles. The zero-order valence-corrected chi connectivity index (χ0v) is 19.1. The van der Waals surface area contributed by atoms with E-state index in [1.54, 1.807) is 24.9 Å². The quantitative estimate of drug-likeness (QED) is 0.376. The van der Waals surface area contributed by atoms with Gasteiger partial charge >= 0.3 is 0 Å². The van der Waals surface area contributed by atoms with E-state index < -0.39 is 0 Å². The lowest BCUT2D eigenvalue weighted by Crippen LogP contribution is -2.06. The molecule has 172 valence electrons. The fourth-order valence-corrected chi connectivity index (χ4v) is 3.71. The van der Waals surface area contributed by atoms with Gasteiger partial charge in [0.2, 0.25) is 0 Å². The van der Waals surface area contributed by atoms with Crippen LogP contribution in [0.15, 0.2) is 61.2 Å². The van der Waals surface area contributed by atoms with Crippen LogP contribution in [0.3, 0.4) is 0 Å². The van der Waals surface area contributed by atoms with Crippen LogP contribution in [0, 0.1) is 0 Å². The highest BCUT2D eigenvalue weighted by molar-refractivity contribution is 5.65. The summed E-state index contributed by atoms with van der Waals surface area (Å²) in [5, 5.41) is 7.84. The van der Waals surface area contributed by atoms with E-state index in [-0.39, 0.29) is 0 Å². The van der Waals surface area contributed by atoms with Gasteiger partial charge < -0.3 is 19.4 Å². The SMILES string of the molecule is CCc1nccn1Cc1cccc(Nc2cc3nc(-c4cnc(OC)c(OC)c4)ccn3n2)n1. The summed E-state index contributed by atoms with van der Waals surface area (Å²) in [4.78, 5) is 18.1. The van der Waals surface area contributed by atoms with Crippen LogP contribution in [0.25, 0.3) is 16.9 Å². The summed E-state index contributed by atoms with van der Waals surface area (Å²) in [5.74, 6) is 3.37. The second kappa shape index (κ2) is 9.18. The highest BCUT2D eigenvalue weighted by atomic mass is 16.5. The van der Waals surface area contributed by atoms with Crippen LogP contribution in [-0.2, 0) is 13.0 Å². The van der Waals surface area contributed by atoms with Crippen molar-refractivity contribution in [2.24, 2.45) is 0 Å². The molecule has 0 fully saturated rings. The summed E-state index contributed by atoms with van der Waals surface area (Å²) >= 11 is 0. The third kappa shape index (κ3) is 4.25. The molecule has 0 amide bonds. The molecule has 0 aliphatic carbocycles. The molecule has 0 bridgehead atoms.